The van der Waals surface area contributed by atoms with Crippen LogP contribution in [0.2, 0.25) is 0 Å². The third kappa shape index (κ3) is 2.16. The Bertz CT molecular complexity index is 483. The fourth-order valence-corrected chi connectivity index (χ4v) is 5.74. The highest BCUT2D eigenvalue weighted by atomic mass is 15.0. The first-order valence-electron chi connectivity index (χ1n) is 8.90. The lowest BCUT2D eigenvalue weighted by Gasteiger charge is -2.56. The van der Waals surface area contributed by atoms with Crippen molar-refractivity contribution in [3.8, 4) is 0 Å². The molecule has 4 fully saturated rings. The predicted molar refractivity (Wildman–Crippen MR) is 84.8 cm³/mol. The van der Waals surface area contributed by atoms with Gasteiger partial charge in [0.2, 0.25) is 0 Å². The Balaban J connectivity index is 1.61. The van der Waals surface area contributed by atoms with Gasteiger partial charge in [0, 0.05) is 17.3 Å². The summed E-state index contributed by atoms with van der Waals surface area (Å²) in [6.07, 6.45) is 11.9. The van der Waals surface area contributed by atoms with E-state index < -0.39 is 0 Å². The van der Waals surface area contributed by atoms with Crippen LogP contribution in [0.25, 0.3) is 0 Å². The quantitative estimate of drug-likeness (QED) is 0.881. The summed E-state index contributed by atoms with van der Waals surface area (Å²) in [6, 6.07) is 0.0534. The zero-order chi connectivity index (χ0) is 14.6. The molecule has 4 aliphatic carbocycles. The van der Waals surface area contributed by atoms with Crippen molar-refractivity contribution in [1.29, 1.82) is 0 Å². The van der Waals surface area contributed by atoms with E-state index in [4.69, 9.17) is 5.73 Å². The van der Waals surface area contributed by atoms with Gasteiger partial charge in [0.05, 0.1) is 6.04 Å². The van der Waals surface area contributed by atoms with Crippen molar-refractivity contribution in [3.05, 3.63) is 17.7 Å². The van der Waals surface area contributed by atoms with Crippen LogP contribution in [0, 0.1) is 23.7 Å². The highest BCUT2D eigenvalue weighted by Crippen LogP contribution is 2.60. The topological polar surface area (TPSA) is 54.7 Å². The standard InChI is InChI=1S/C18H29N3/c1-3-11(2)16(19)17-20-10-15(21-17)18-7-12-4-13(8-18)6-14(5-12)9-18/h10-14,16H,3-9,19H2,1-2H3,(H,20,21). The largest absolute Gasteiger partial charge is 0.344 e. The van der Waals surface area contributed by atoms with E-state index >= 15 is 0 Å². The summed E-state index contributed by atoms with van der Waals surface area (Å²) in [6.45, 7) is 4.42. The molecular weight excluding hydrogens is 258 g/mol. The zero-order valence-corrected chi connectivity index (χ0v) is 13.4. The van der Waals surface area contributed by atoms with E-state index in [-0.39, 0.29) is 6.04 Å². The Morgan fingerprint density at radius 2 is 1.81 bits per heavy atom. The van der Waals surface area contributed by atoms with Crippen molar-refractivity contribution in [2.45, 2.75) is 70.3 Å². The molecule has 21 heavy (non-hydrogen) atoms. The number of H-pyrrole nitrogens is 1. The lowest BCUT2D eigenvalue weighted by molar-refractivity contribution is -0.00708. The second-order valence-electron chi connectivity index (χ2n) is 8.29. The summed E-state index contributed by atoms with van der Waals surface area (Å²) in [7, 11) is 0. The highest BCUT2D eigenvalue weighted by Gasteiger charge is 2.52. The molecule has 0 amide bonds. The van der Waals surface area contributed by atoms with Crippen LogP contribution in [0.3, 0.4) is 0 Å². The SMILES string of the molecule is CCC(C)C(N)c1ncc(C23CC4CC(CC(C4)C2)C3)[nH]1. The van der Waals surface area contributed by atoms with Crippen LogP contribution < -0.4 is 5.73 Å². The Hall–Kier alpha value is -0.830. The molecule has 2 unspecified atom stereocenters. The molecular formula is C18H29N3. The molecule has 0 spiro atoms. The average Bonchev–Trinajstić information content (AvgIpc) is 2.94. The molecule has 1 aromatic rings. The summed E-state index contributed by atoms with van der Waals surface area (Å²) in [5.41, 5.74) is 8.17. The summed E-state index contributed by atoms with van der Waals surface area (Å²) in [5, 5.41) is 0. The Morgan fingerprint density at radius 1 is 1.24 bits per heavy atom. The number of imidazole rings is 1. The number of hydrogen-bond donors (Lipinski definition) is 2. The van der Waals surface area contributed by atoms with Gasteiger partial charge in [0.25, 0.3) is 0 Å². The second-order valence-corrected chi connectivity index (χ2v) is 8.29. The molecule has 4 bridgehead atoms. The van der Waals surface area contributed by atoms with E-state index in [1.54, 1.807) is 0 Å². The van der Waals surface area contributed by atoms with Crippen LogP contribution in [0.5, 0.6) is 0 Å². The third-order valence-electron chi connectivity index (χ3n) is 6.78. The van der Waals surface area contributed by atoms with Crippen molar-refractivity contribution in [3.63, 3.8) is 0 Å². The predicted octanol–water partition coefficient (Wildman–Crippen LogP) is 3.92. The van der Waals surface area contributed by atoms with Crippen molar-refractivity contribution >= 4 is 0 Å². The normalized spacial score (nSPS) is 40.4. The molecule has 3 heteroatoms. The van der Waals surface area contributed by atoms with E-state index in [1.165, 1.54) is 44.2 Å². The van der Waals surface area contributed by atoms with Crippen LogP contribution >= 0.6 is 0 Å². The zero-order valence-electron chi connectivity index (χ0n) is 13.4. The maximum absolute atomic E-state index is 6.36. The smallest absolute Gasteiger partial charge is 0.123 e. The van der Waals surface area contributed by atoms with Gasteiger partial charge in [0.15, 0.2) is 0 Å². The van der Waals surface area contributed by atoms with Crippen LogP contribution in [0.4, 0.5) is 0 Å². The van der Waals surface area contributed by atoms with E-state index in [9.17, 15) is 0 Å². The van der Waals surface area contributed by atoms with Crippen LogP contribution in [0.1, 0.15) is 76.4 Å². The number of nitrogens with zero attached hydrogens (tertiary/aromatic N) is 1. The van der Waals surface area contributed by atoms with E-state index in [2.05, 4.69) is 30.0 Å². The van der Waals surface area contributed by atoms with Gasteiger partial charge in [-0.1, -0.05) is 20.3 Å². The highest BCUT2D eigenvalue weighted by molar-refractivity contribution is 5.22. The average molecular weight is 287 g/mol. The minimum Gasteiger partial charge on any atom is -0.344 e. The number of hydrogen-bond acceptors (Lipinski definition) is 2. The van der Waals surface area contributed by atoms with Crippen LogP contribution in [0.15, 0.2) is 6.20 Å². The third-order valence-corrected chi connectivity index (χ3v) is 6.78. The second kappa shape index (κ2) is 4.84. The van der Waals surface area contributed by atoms with Gasteiger partial charge in [-0.25, -0.2) is 4.98 Å². The van der Waals surface area contributed by atoms with Crippen LogP contribution in [-0.4, -0.2) is 9.97 Å². The van der Waals surface area contributed by atoms with Gasteiger partial charge < -0.3 is 10.7 Å². The van der Waals surface area contributed by atoms with Gasteiger partial charge in [-0.15, -0.1) is 0 Å². The first-order valence-corrected chi connectivity index (χ1v) is 8.90. The van der Waals surface area contributed by atoms with Gasteiger partial charge in [-0.2, -0.15) is 0 Å². The number of rotatable bonds is 4. The fraction of sp³-hybridized carbons (Fsp3) is 0.833. The molecule has 0 saturated heterocycles. The molecule has 3 N–H and O–H groups in total. The van der Waals surface area contributed by atoms with Gasteiger partial charge in [-0.3, -0.25) is 0 Å². The molecule has 4 saturated carbocycles. The maximum Gasteiger partial charge on any atom is 0.123 e. The van der Waals surface area contributed by atoms with Gasteiger partial charge in [-0.05, 0) is 62.2 Å². The molecule has 0 radical (unpaired) electrons. The Morgan fingerprint density at radius 3 is 2.33 bits per heavy atom. The van der Waals surface area contributed by atoms with Crippen molar-refractivity contribution in [1.82, 2.24) is 9.97 Å². The van der Waals surface area contributed by atoms with Crippen LogP contribution in [-0.2, 0) is 5.41 Å². The maximum atomic E-state index is 6.36. The first-order chi connectivity index (χ1) is 10.1. The van der Waals surface area contributed by atoms with Gasteiger partial charge in [0.1, 0.15) is 5.82 Å². The minimum atomic E-state index is 0.0534. The van der Waals surface area contributed by atoms with E-state index in [1.807, 2.05) is 0 Å². The first kappa shape index (κ1) is 13.8. The summed E-state index contributed by atoms with van der Waals surface area (Å²) < 4.78 is 0. The summed E-state index contributed by atoms with van der Waals surface area (Å²) in [5.74, 6) is 4.43. The van der Waals surface area contributed by atoms with E-state index in [0.29, 0.717) is 11.3 Å². The molecule has 1 heterocycles. The molecule has 0 aromatic carbocycles. The number of nitrogens with two attached hydrogens (primary N) is 1. The number of nitrogens with one attached hydrogen (secondary N) is 1. The molecule has 5 rings (SSSR count). The number of aromatic nitrogens is 2. The lowest BCUT2D eigenvalue weighted by Crippen LogP contribution is -2.48. The lowest BCUT2D eigenvalue weighted by atomic mass is 9.49. The molecule has 1 aromatic heterocycles. The van der Waals surface area contributed by atoms with Crippen molar-refractivity contribution in [2.75, 3.05) is 0 Å². The van der Waals surface area contributed by atoms with Crippen molar-refractivity contribution in [2.24, 2.45) is 29.4 Å². The summed E-state index contributed by atoms with van der Waals surface area (Å²) >= 11 is 0. The molecule has 3 nitrogen and oxygen atoms in total. The van der Waals surface area contributed by atoms with Gasteiger partial charge >= 0.3 is 0 Å². The molecule has 0 aliphatic heterocycles. The van der Waals surface area contributed by atoms with E-state index in [0.717, 1.165) is 30.0 Å². The molecule has 2 atom stereocenters. The Labute approximate surface area is 128 Å². The molecule has 4 aliphatic rings. The minimum absolute atomic E-state index is 0.0534. The van der Waals surface area contributed by atoms with Crippen molar-refractivity contribution < 1.29 is 0 Å². The fourth-order valence-electron chi connectivity index (χ4n) is 5.74. The molecule has 116 valence electrons. The Kier molecular flexibility index (Phi) is 3.18. The summed E-state index contributed by atoms with van der Waals surface area (Å²) in [4.78, 5) is 8.31. The monoisotopic (exact) mass is 287 g/mol. The number of aromatic amines is 1.